The van der Waals surface area contributed by atoms with Crippen LogP contribution in [0.4, 0.5) is 0 Å². The quantitative estimate of drug-likeness (QED) is 0.300. The zero-order chi connectivity index (χ0) is 10.7. The summed E-state index contributed by atoms with van der Waals surface area (Å²) in [6.45, 7) is 6.25. The second kappa shape index (κ2) is 4.64. The largest absolute Gasteiger partial charge is 0.409 e. The van der Waals surface area contributed by atoms with Crippen LogP contribution in [0.1, 0.15) is 20.3 Å². The van der Waals surface area contributed by atoms with E-state index >= 15 is 0 Å². The zero-order valence-corrected chi connectivity index (χ0v) is 9.27. The summed E-state index contributed by atoms with van der Waals surface area (Å²) in [6.07, 6.45) is 1.35. The van der Waals surface area contributed by atoms with Crippen molar-refractivity contribution in [2.45, 2.75) is 20.3 Å². The van der Waals surface area contributed by atoms with Gasteiger partial charge in [0.2, 0.25) is 0 Å². The second-order valence-corrected chi connectivity index (χ2v) is 4.62. The normalized spacial score (nSPS) is 29.3. The molecule has 3 unspecified atom stereocenters. The van der Waals surface area contributed by atoms with Crippen LogP contribution >= 0.6 is 0 Å². The first-order valence-corrected chi connectivity index (χ1v) is 5.20. The molecule has 1 aliphatic carbocycles. The van der Waals surface area contributed by atoms with Crippen LogP contribution in [-0.2, 0) is 0 Å². The Bertz CT molecular complexity index is 217. The highest BCUT2D eigenvalue weighted by atomic mass is 16.4. The number of rotatable bonds is 5. The summed E-state index contributed by atoms with van der Waals surface area (Å²) in [5.74, 6) is 2.19. The number of oxime groups is 1. The molecular formula is C10H21N3O. The smallest absolute Gasteiger partial charge is 0.143 e. The molecule has 0 aromatic rings. The maximum atomic E-state index is 8.50. The highest BCUT2D eigenvalue weighted by Crippen LogP contribution is 2.37. The maximum Gasteiger partial charge on any atom is 0.143 e. The molecule has 1 aliphatic rings. The molecule has 0 bridgehead atoms. The minimum Gasteiger partial charge on any atom is -0.409 e. The molecule has 1 fully saturated rings. The monoisotopic (exact) mass is 199 g/mol. The molecule has 4 nitrogen and oxygen atoms in total. The molecule has 0 saturated heterocycles. The minimum absolute atomic E-state index is 0.124. The van der Waals surface area contributed by atoms with Crippen molar-refractivity contribution in [1.29, 1.82) is 0 Å². The van der Waals surface area contributed by atoms with Crippen molar-refractivity contribution in [2.24, 2.45) is 28.6 Å². The molecular weight excluding hydrogens is 178 g/mol. The molecule has 1 saturated carbocycles. The summed E-state index contributed by atoms with van der Waals surface area (Å²) in [4.78, 5) is 2.26. The summed E-state index contributed by atoms with van der Waals surface area (Å²) in [6, 6.07) is 0. The fourth-order valence-electron chi connectivity index (χ4n) is 1.79. The molecule has 82 valence electrons. The van der Waals surface area contributed by atoms with E-state index in [1.54, 1.807) is 0 Å². The molecule has 3 N–H and O–H groups in total. The van der Waals surface area contributed by atoms with Gasteiger partial charge in [0.15, 0.2) is 0 Å². The van der Waals surface area contributed by atoms with Crippen LogP contribution in [-0.4, -0.2) is 36.1 Å². The first kappa shape index (κ1) is 11.3. The number of nitrogens with zero attached hydrogens (tertiary/aromatic N) is 2. The third kappa shape index (κ3) is 3.18. The van der Waals surface area contributed by atoms with Gasteiger partial charge in [0, 0.05) is 19.0 Å². The molecule has 4 heteroatoms. The highest BCUT2D eigenvalue weighted by molar-refractivity contribution is 5.82. The first-order chi connectivity index (χ1) is 6.54. The van der Waals surface area contributed by atoms with E-state index in [-0.39, 0.29) is 5.92 Å². The summed E-state index contributed by atoms with van der Waals surface area (Å²) in [7, 11) is 2.09. The van der Waals surface area contributed by atoms with Crippen LogP contribution in [0.25, 0.3) is 0 Å². The van der Waals surface area contributed by atoms with Crippen molar-refractivity contribution < 1.29 is 5.21 Å². The number of hydrogen-bond donors (Lipinski definition) is 2. The lowest BCUT2D eigenvalue weighted by Crippen LogP contribution is -2.33. The van der Waals surface area contributed by atoms with Crippen molar-refractivity contribution in [2.75, 3.05) is 20.1 Å². The van der Waals surface area contributed by atoms with Crippen LogP contribution in [0.3, 0.4) is 0 Å². The second-order valence-electron chi connectivity index (χ2n) is 4.62. The molecule has 0 heterocycles. The highest BCUT2D eigenvalue weighted by Gasteiger charge is 2.33. The first-order valence-electron chi connectivity index (χ1n) is 5.20. The number of nitrogens with two attached hydrogens (primary N) is 1. The van der Waals surface area contributed by atoms with Gasteiger partial charge < -0.3 is 15.8 Å². The van der Waals surface area contributed by atoms with E-state index in [2.05, 4.69) is 24.0 Å². The van der Waals surface area contributed by atoms with Crippen molar-refractivity contribution in [3.05, 3.63) is 0 Å². The number of hydrogen-bond acceptors (Lipinski definition) is 3. The van der Waals surface area contributed by atoms with E-state index < -0.39 is 0 Å². The Balaban J connectivity index is 2.22. The van der Waals surface area contributed by atoms with Gasteiger partial charge in [0.1, 0.15) is 5.84 Å². The molecule has 0 aromatic carbocycles. The lowest BCUT2D eigenvalue weighted by atomic mass is 10.1. The summed E-state index contributed by atoms with van der Waals surface area (Å²) >= 11 is 0. The Kier molecular flexibility index (Phi) is 3.75. The van der Waals surface area contributed by atoms with E-state index in [0.29, 0.717) is 5.84 Å². The average molecular weight is 199 g/mol. The van der Waals surface area contributed by atoms with Crippen molar-refractivity contribution >= 4 is 5.84 Å². The van der Waals surface area contributed by atoms with Crippen molar-refractivity contribution in [3.63, 3.8) is 0 Å². The van der Waals surface area contributed by atoms with Crippen LogP contribution < -0.4 is 5.73 Å². The van der Waals surface area contributed by atoms with Crippen LogP contribution in [0, 0.1) is 17.8 Å². The average Bonchev–Trinajstić information content (AvgIpc) is 2.79. The third-order valence-electron chi connectivity index (χ3n) is 3.03. The van der Waals surface area contributed by atoms with E-state index in [4.69, 9.17) is 10.9 Å². The van der Waals surface area contributed by atoms with Gasteiger partial charge in [0.25, 0.3) is 0 Å². The molecule has 14 heavy (non-hydrogen) atoms. The Morgan fingerprint density at radius 1 is 1.71 bits per heavy atom. The van der Waals surface area contributed by atoms with Crippen LogP contribution in [0.2, 0.25) is 0 Å². The predicted octanol–water partition coefficient (Wildman–Crippen LogP) is 0.957. The van der Waals surface area contributed by atoms with Gasteiger partial charge in [-0.3, -0.25) is 0 Å². The van der Waals surface area contributed by atoms with Crippen molar-refractivity contribution in [3.8, 4) is 0 Å². The minimum atomic E-state index is 0.124. The standard InChI is InChI=1S/C10H21N3O/c1-7-4-9(7)6-13(3)5-8(2)10(11)12-14/h7-9,14H,4-6H2,1-3H3,(H2,11,12). The van der Waals surface area contributed by atoms with Gasteiger partial charge in [-0.2, -0.15) is 0 Å². The van der Waals surface area contributed by atoms with Gasteiger partial charge in [-0.25, -0.2) is 0 Å². The van der Waals surface area contributed by atoms with Gasteiger partial charge in [-0.1, -0.05) is 19.0 Å². The van der Waals surface area contributed by atoms with Gasteiger partial charge in [0.05, 0.1) is 0 Å². The Hall–Kier alpha value is -0.770. The third-order valence-corrected chi connectivity index (χ3v) is 3.03. The Morgan fingerprint density at radius 2 is 2.29 bits per heavy atom. The molecule has 0 aliphatic heterocycles. The molecule has 0 spiro atoms. The topological polar surface area (TPSA) is 61.8 Å². The van der Waals surface area contributed by atoms with Crippen LogP contribution in [0.15, 0.2) is 5.16 Å². The summed E-state index contributed by atoms with van der Waals surface area (Å²) in [5, 5.41) is 11.5. The van der Waals surface area contributed by atoms with Gasteiger partial charge >= 0.3 is 0 Å². The molecule has 1 rings (SSSR count). The molecule has 3 atom stereocenters. The van der Waals surface area contributed by atoms with Crippen molar-refractivity contribution in [1.82, 2.24) is 4.90 Å². The summed E-state index contributed by atoms with van der Waals surface area (Å²) < 4.78 is 0. The Labute approximate surface area is 85.8 Å². The predicted molar refractivity (Wildman–Crippen MR) is 57.3 cm³/mol. The Morgan fingerprint density at radius 3 is 2.71 bits per heavy atom. The lowest BCUT2D eigenvalue weighted by Gasteiger charge is -2.20. The lowest BCUT2D eigenvalue weighted by molar-refractivity contribution is 0.285. The van der Waals surface area contributed by atoms with Crippen LogP contribution in [0.5, 0.6) is 0 Å². The number of amidine groups is 1. The fraction of sp³-hybridized carbons (Fsp3) is 0.900. The SMILES string of the molecule is CC(CN(C)CC1CC1C)C(N)=NO. The molecule has 0 amide bonds. The van der Waals surface area contributed by atoms with Gasteiger partial charge in [-0.15, -0.1) is 0 Å². The zero-order valence-electron chi connectivity index (χ0n) is 9.27. The molecule has 0 radical (unpaired) electrons. The van der Waals surface area contributed by atoms with E-state index in [9.17, 15) is 0 Å². The molecule has 0 aromatic heterocycles. The van der Waals surface area contributed by atoms with E-state index in [1.807, 2.05) is 6.92 Å². The maximum absolute atomic E-state index is 8.50. The fourth-order valence-corrected chi connectivity index (χ4v) is 1.79. The van der Waals surface area contributed by atoms with Gasteiger partial charge in [-0.05, 0) is 25.3 Å². The summed E-state index contributed by atoms with van der Waals surface area (Å²) in [5.41, 5.74) is 5.51. The van der Waals surface area contributed by atoms with E-state index in [0.717, 1.165) is 24.9 Å². The van der Waals surface area contributed by atoms with E-state index in [1.165, 1.54) is 6.42 Å².